The number of rotatable bonds is 7. The fourth-order valence-electron chi connectivity index (χ4n) is 2.42. The van der Waals surface area contributed by atoms with Gasteiger partial charge in [0.15, 0.2) is 6.10 Å². The average molecular weight is 408 g/mol. The SMILES string of the molecule is COc1ccc(NC(=O)C(C)OC(=O)c2cccnc2Sc2ccccc2)cc1. The van der Waals surface area contributed by atoms with Crippen LogP contribution in [0.5, 0.6) is 5.75 Å². The molecule has 0 saturated carbocycles. The summed E-state index contributed by atoms with van der Waals surface area (Å²) in [5.74, 6) is -0.346. The van der Waals surface area contributed by atoms with Crippen molar-refractivity contribution < 1.29 is 19.1 Å². The van der Waals surface area contributed by atoms with E-state index in [1.807, 2.05) is 30.3 Å². The minimum Gasteiger partial charge on any atom is -0.497 e. The van der Waals surface area contributed by atoms with Crippen LogP contribution in [0, 0.1) is 0 Å². The molecule has 2 aromatic carbocycles. The molecule has 0 spiro atoms. The van der Waals surface area contributed by atoms with Crippen LogP contribution in [-0.4, -0.2) is 30.1 Å². The number of aromatic nitrogens is 1. The highest BCUT2D eigenvalue weighted by Crippen LogP contribution is 2.28. The number of methoxy groups -OCH3 is 1. The fraction of sp³-hybridized carbons (Fsp3) is 0.136. The number of benzene rings is 2. The van der Waals surface area contributed by atoms with Crippen molar-refractivity contribution in [1.29, 1.82) is 0 Å². The van der Waals surface area contributed by atoms with Crippen LogP contribution in [0.1, 0.15) is 17.3 Å². The number of nitrogens with one attached hydrogen (secondary N) is 1. The number of esters is 1. The van der Waals surface area contributed by atoms with E-state index in [0.717, 1.165) is 4.90 Å². The van der Waals surface area contributed by atoms with Crippen molar-refractivity contribution in [2.24, 2.45) is 0 Å². The van der Waals surface area contributed by atoms with Gasteiger partial charge in [0.05, 0.1) is 12.7 Å². The largest absolute Gasteiger partial charge is 0.497 e. The van der Waals surface area contributed by atoms with Gasteiger partial charge in [0.25, 0.3) is 5.91 Å². The van der Waals surface area contributed by atoms with Gasteiger partial charge in [-0.3, -0.25) is 4.79 Å². The fourth-order valence-corrected chi connectivity index (χ4v) is 3.31. The third-order valence-corrected chi connectivity index (χ3v) is 4.99. The number of ether oxygens (including phenoxy) is 2. The lowest BCUT2D eigenvalue weighted by Crippen LogP contribution is -2.30. The Hall–Kier alpha value is -3.32. The lowest BCUT2D eigenvalue weighted by Gasteiger charge is -2.15. The van der Waals surface area contributed by atoms with Crippen molar-refractivity contribution in [3.63, 3.8) is 0 Å². The van der Waals surface area contributed by atoms with Crippen LogP contribution in [-0.2, 0) is 9.53 Å². The Morgan fingerprint density at radius 1 is 1.00 bits per heavy atom. The van der Waals surface area contributed by atoms with Crippen molar-refractivity contribution in [3.8, 4) is 5.75 Å². The summed E-state index contributed by atoms with van der Waals surface area (Å²) in [6.45, 7) is 1.52. The Labute approximate surface area is 173 Å². The van der Waals surface area contributed by atoms with E-state index in [9.17, 15) is 9.59 Å². The van der Waals surface area contributed by atoms with Crippen LogP contribution in [0.25, 0.3) is 0 Å². The van der Waals surface area contributed by atoms with Crippen LogP contribution in [0.4, 0.5) is 5.69 Å². The van der Waals surface area contributed by atoms with Crippen LogP contribution in [0.2, 0.25) is 0 Å². The molecule has 148 valence electrons. The first-order chi connectivity index (χ1) is 14.1. The predicted molar refractivity (Wildman–Crippen MR) is 111 cm³/mol. The summed E-state index contributed by atoms with van der Waals surface area (Å²) in [7, 11) is 1.57. The van der Waals surface area contributed by atoms with Gasteiger partial charge in [0.2, 0.25) is 0 Å². The van der Waals surface area contributed by atoms with Gasteiger partial charge in [-0.25, -0.2) is 9.78 Å². The number of nitrogens with zero attached hydrogens (tertiary/aromatic N) is 1. The molecule has 0 aliphatic carbocycles. The first-order valence-electron chi connectivity index (χ1n) is 8.90. The van der Waals surface area contributed by atoms with Gasteiger partial charge >= 0.3 is 5.97 Å². The number of hydrogen-bond acceptors (Lipinski definition) is 6. The highest BCUT2D eigenvalue weighted by Gasteiger charge is 2.22. The maximum absolute atomic E-state index is 12.6. The Morgan fingerprint density at radius 3 is 2.41 bits per heavy atom. The number of pyridine rings is 1. The maximum atomic E-state index is 12.6. The zero-order valence-corrected chi connectivity index (χ0v) is 16.8. The van der Waals surface area contributed by atoms with E-state index in [2.05, 4.69) is 10.3 Å². The second-order valence-corrected chi connectivity index (χ2v) is 7.10. The number of carbonyl (C=O) groups is 2. The molecule has 29 heavy (non-hydrogen) atoms. The average Bonchev–Trinajstić information content (AvgIpc) is 2.75. The molecule has 0 radical (unpaired) electrons. The zero-order chi connectivity index (χ0) is 20.6. The maximum Gasteiger partial charge on any atom is 0.341 e. The lowest BCUT2D eigenvalue weighted by molar-refractivity contribution is -0.123. The molecule has 0 bridgehead atoms. The summed E-state index contributed by atoms with van der Waals surface area (Å²) < 4.78 is 10.5. The lowest BCUT2D eigenvalue weighted by atomic mass is 10.2. The molecule has 1 atom stereocenters. The molecule has 1 amide bonds. The molecule has 0 aliphatic rings. The van der Waals surface area contributed by atoms with E-state index in [0.29, 0.717) is 22.0 Å². The molecular weight excluding hydrogens is 388 g/mol. The smallest absolute Gasteiger partial charge is 0.341 e. The minimum atomic E-state index is -0.973. The number of carbonyl (C=O) groups excluding carboxylic acids is 2. The third-order valence-electron chi connectivity index (χ3n) is 3.96. The molecule has 0 aliphatic heterocycles. The third kappa shape index (κ3) is 5.58. The highest BCUT2D eigenvalue weighted by molar-refractivity contribution is 7.99. The van der Waals surface area contributed by atoms with Gasteiger partial charge in [-0.2, -0.15) is 0 Å². The van der Waals surface area contributed by atoms with Crippen molar-refractivity contribution in [2.75, 3.05) is 12.4 Å². The second kappa shape index (κ2) is 9.75. The Kier molecular flexibility index (Phi) is 6.86. The molecule has 1 aromatic heterocycles. The van der Waals surface area contributed by atoms with Gasteiger partial charge in [-0.1, -0.05) is 30.0 Å². The minimum absolute atomic E-state index is 0.311. The second-order valence-electron chi connectivity index (χ2n) is 6.04. The van der Waals surface area contributed by atoms with E-state index in [4.69, 9.17) is 9.47 Å². The number of hydrogen-bond donors (Lipinski definition) is 1. The quantitative estimate of drug-likeness (QED) is 0.583. The molecule has 7 heteroatoms. The summed E-state index contributed by atoms with van der Waals surface area (Å²) in [4.78, 5) is 30.2. The summed E-state index contributed by atoms with van der Waals surface area (Å²) >= 11 is 1.36. The Bertz CT molecular complexity index is 978. The Balaban J connectivity index is 1.65. The normalized spacial score (nSPS) is 11.4. The van der Waals surface area contributed by atoms with Crippen LogP contribution in [0.15, 0.2) is 82.8 Å². The summed E-state index contributed by atoms with van der Waals surface area (Å²) in [6.07, 6.45) is 0.640. The highest BCUT2D eigenvalue weighted by atomic mass is 32.2. The van der Waals surface area contributed by atoms with E-state index < -0.39 is 18.0 Å². The number of anilines is 1. The first-order valence-corrected chi connectivity index (χ1v) is 9.72. The van der Waals surface area contributed by atoms with Gasteiger partial charge < -0.3 is 14.8 Å². The molecule has 6 nitrogen and oxygen atoms in total. The van der Waals surface area contributed by atoms with Crippen LogP contribution in [0.3, 0.4) is 0 Å². The molecule has 3 aromatic rings. The molecule has 0 fully saturated rings. The van der Waals surface area contributed by atoms with Gasteiger partial charge in [0.1, 0.15) is 10.8 Å². The van der Waals surface area contributed by atoms with Gasteiger partial charge in [-0.05, 0) is 55.5 Å². The molecule has 0 saturated heterocycles. The summed E-state index contributed by atoms with van der Waals surface area (Å²) in [6, 6.07) is 19.8. The topological polar surface area (TPSA) is 77.5 Å². The molecule has 1 heterocycles. The van der Waals surface area contributed by atoms with E-state index in [-0.39, 0.29) is 0 Å². The van der Waals surface area contributed by atoms with E-state index in [1.165, 1.54) is 18.7 Å². The molecule has 3 rings (SSSR count). The standard InChI is InChI=1S/C22H20N2O4S/c1-15(20(25)24-16-10-12-17(27-2)13-11-16)28-22(26)19-9-6-14-23-21(19)29-18-7-4-3-5-8-18/h3-15H,1-2H3,(H,24,25). The van der Waals surface area contributed by atoms with Crippen LogP contribution >= 0.6 is 11.8 Å². The first kappa shape index (κ1) is 20.4. The van der Waals surface area contributed by atoms with E-state index in [1.54, 1.807) is 49.7 Å². The summed E-state index contributed by atoms with van der Waals surface area (Å²) in [5.41, 5.74) is 0.894. The van der Waals surface area contributed by atoms with Crippen molar-refractivity contribution in [1.82, 2.24) is 4.98 Å². The molecule has 1 N–H and O–H groups in total. The van der Waals surface area contributed by atoms with Gasteiger partial charge in [0, 0.05) is 16.8 Å². The van der Waals surface area contributed by atoms with Gasteiger partial charge in [-0.15, -0.1) is 0 Å². The monoisotopic (exact) mass is 408 g/mol. The Morgan fingerprint density at radius 2 is 1.72 bits per heavy atom. The zero-order valence-electron chi connectivity index (χ0n) is 16.0. The molecule has 1 unspecified atom stereocenters. The van der Waals surface area contributed by atoms with E-state index >= 15 is 0 Å². The predicted octanol–water partition coefficient (Wildman–Crippen LogP) is 4.43. The van der Waals surface area contributed by atoms with Crippen LogP contribution < -0.4 is 10.1 Å². The van der Waals surface area contributed by atoms with Crippen molar-refractivity contribution in [3.05, 3.63) is 78.5 Å². The number of amides is 1. The van der Waals surface area contributed by atoms with Crippen molar-refractivity contribution in [2.45, 2.75) is 22.9 Å². The molecular formula is C22H20N2O4S. The summed E-state index contributed by atoms with van der Waals surface area (Å²) in [5, 5.41) is 3.23. The van der Waals surface area contributed by atoms with Crippen molar-refractivity contribution >= 4 is 29.3 Å².